The Bertz CT molecular complexity index is 966. The molecule has 0 aromatic heterocycles. The summed E-state index contributed by atoms with van der Waals surface area (Å²) in [6.07, 6.45) is 8.54. The van der Waals surface area contributed by atoms with Crippen LogP contribution in [0.5, 0.6) is 5.75 Å². The van der Waals surface area contributed by atoms with Gasteiger partial charge in [-0.1, -0.05) is 87.6 Å². The van der Waals surface area contributed by atoms with Gasteiger partial charge in [0.1, 0.15) is 5.75 Å². The van der Waals surface area contributed by atoms with Gasteiger partial charge in [-0.2, -0.15) is 0 Å². The smallest absolute Gasteiger partial charge is 0.493 e. The van der Waals surface area contributed by atoms with Crippen LogP contribution in [0.15, 0.2) is 48.5 Å². The first-order chi connectivity index (χ1) is 17.8. The van der Waals surface area contributed by atoms with Crippen LogP contribution in [-0.4, -0.2) is 33.3 Å². The van der Waals surface area contributed by atoms with Gasteiger partial charge in [0.2, 0.25) is 0 Å². The number of hydrogen-bond donors (Lipinski definition) is 0. The molecule has 0 fully saturated rings. The highest BCUT2D eigenvalue weighted by Crippen LogP contribution is 2.34. The van der Waals surface area contributed by atoms with Crippen molar-refractivity contribution in [2.45, 2.75) is 85.1 Å². The van der Waals surface area contributed by atoms with Crippen molar-refractivity contribution >= 4 is 26.7 Å². The molecule has 0 saturated heterocycles. The van der Waals surface area contributed by atoms with Gasteiger partial charge in [-0.15, -0.1) is 0 Å². The highest BCUT2D eigenvalue weighted by Gasteiger charge is 2.51. The van der Waals surface area contributed by atoms with Crippen LogP contribution in [0.4, 0.5) is 0 Å². The van der Waals surface area contributed by atoms with E-state index in [4.69, 9.17) is 18.0 Å². The summed E-state index contributed by atoms with van der Waals surface area (Å²) >= 11 is 0. The van der Waals surface area contributed by atoms with E-state index in [1.54, 1.807) is 0 Å². The van der Waals surface area contributed by atoms with Crippen LogP contribution in [0, 0.1) is 0 Å². The van der Waals surface area contributed by atoms with Crippen LogP contribution in [0.2, 0.25) is 6.04 Å². The molecule has 2 aromatic carbocycles. The van der Waals surface area contributed by atoms with Gasteiger partial charge in [-0.05, 0) is 30.4 Å². The number of carbonyl (C=O) groups is 3. The molecule has 0 saturated carbocycles. The second-order valence-corrected chi connectivity index (χ2v) is 11.6. The molecule has 0 aliphatic carbocycles. The molecule has 0 amide bonds. The van der Waals surface area contributed by atoms with Crippen LogP contribution in [-0.2, 0) is 34.1 Å². The van der Waals surface area contributed by atoms with Crippen LogP contribution in [0.25, 0.3) is 11.1 Å². The van der Waals surface area contributed by atoms with E-state index >= 15 is 0 Å². The molecule has 0 heterocycles. The lowest BCUT2D eigenvalue weighted by molar-refractivity contribution is -0.147. The molecule has 202 valence electrons. The Balaban J connectivity index is 2.17. The molecule has 8 heteroatoms. The number of aryl methyl sites for hydroxylation is 1. The molecule has 0 aliphatic rings. The van der Waals surface area contributed by atoms with Gasteiger partial charge < -0.3 is 18.0 Å². The molecule has 0 unspecified atom stereocenters. The van der Waals surface area contributed by atoms with E-state index in [2.05, 4.69) is 31.2 Å². The van der Waals surface area contributed by atoms with E-state index < -0.39 is 26.7 Å². The van der Waals surface area contributed by atoms with Crippen LogP contribution in [0.3, 0.4) is 0 Å². The van der Waals surface area contributed by atoms with Crippen molar-refractivity contribution in [3.63, 3.8) is 0 Å². The van der Waals surface area contributed by atoms with Crippen molar-refractivity contribution in [2.75, 3.05) is 6.61 Å². The molecule has 0 spiro atoms. The minimum atomic E-state index is -3.88. The number of hydrogen-bond acceptors (Lipinski definition) is 7. The monoisotopic (exact) mass is 528 g/mol. The zero-order chi connectivity index (χ0) is 27.1. The summed E-state index contributed by atoms with van der Waals surface area (Å²) in [5, 5.41) is 0. The molecule has 2 rings (SSSR count). The minimum absolute atomic E-state index is 0.0754. The quantitative estimate of drug-likeness (QED) is 0.178. The second kappa shape index (κ2) is 15.9. The minimum Gasteiger partial charge on any atom is -0.493 e. The van der Waals surface area contributed by atoms with Crippen molar-refractivity contribution in [3.8, 4) is 16.9 Å². The van der Waals surface area contributed by atoms with Crippen molar-refractivity contribution in [1.82, 2.24) is 0 Å². The third-order valence-electron chi connectivity index (χ3n) is 5.75. The molecule has 0 radical (unpaired) electrons. The maximum absolute atomic E-state index is 11.7. The number of unbranched alkanes of at least 4 members (excludes halogenated alkanes) is 5. The van der Waals surface area contributed by atoms with E-state index in [-0.39, 0.29) is 12.7 Å². The zero-order valence-corrected chi connectivity index (χ0v) is 23.5. The number of carbonyl (C=O) groups excluding carboxylic acids is 3. The van der Waals surface area contributed by atoms with Crippen LogP contribution < -0.4 is 4.74 Å². The Kier molecular flexibility index (Phi) is 12.9. The Morgan fingerprint density at radius 3 is 1.89 bits per heavy atom. The van der Waals surface area contributed by atoms with Crippen LogP contribution in [0.1, 0.15) is 78.2 Å². The molecular formula is C29H40O7Si. The van der Waals surface area contributed by atoms with E-state index in [0.29, 0.717) is 6.42 Å². The van der Waals surface area contributed by atoms with Gasteiger partial charge in [0, 0.05) is 26.3 Å². The Hall–Kier alpha value is -3.13. The number of para-hydroxylation sites is 1. The van der Waals surface area contributed by atoms with Gasteiger partial charge in [0.15, 0.2) is 0 Å². The zero-order valence-electron chi connectivity index (χ0n) is 22.5. The third kappa shape index (κ3) is 10.8. The molecule has 7 nitrogen and oxygen atoms in total. The van der Waals surface area contributed by atoms with Crippen LogP contribution >= 0.6 is 0 Å². The first kappa shape index (κ1) is 30.1. The van der Waals surface area contributed by atoms with Gasteiger partial charge in [-0.3, -0.25) is 14.4 Å². The highest BCUT2D eigenvalue weighted by atomic mass is 28.4. The SMILES string of the molecule is CCCCCCCCc1cccc(-c2ccccc2)c1OCCC[Si](OC(C)=O)(OC(C)=O)OC(C)=O. The first-order valence-corrected chi connectivity index (χ1v) is 15.1. The first-order valence-electron chi connectivity index (χ1n) is 13.1. The van der Waals surface area contributed by atoms with Gasteiger partial charge in [0.05, 0.1) is 12.7 Å². The third-order valence-corrected chi connectivity index (χ3v) is 8.51. The molecule has 0 N–H and O–H groups in total. The maximum Gasteiger partial charge on any atom is 0.705 e. The van der Waals surface area contributed by atoms with E-state index in [1.807, 2.05) is 24.3 Å². The summed E-state index contributed by atoms with van der Waals surface area (Å²) < 4.78 is 22.2. The fourth-order valence-corrected chi connectivity index (χ4v) is 6.55. The fraction of sp³-hybridized carbons (Fsp3) is 0.483. The predicted octanol–water partition coefficient (Wildman–Crippen LogP) is 6.65. The van der Waals surface area contributed by atoms with Crippen molar-refractivity contribution in [3.05, 3.63) is 54.1 Å². The Labute approximate surface area is 221 Å². The van der Waals surface area contributed by atoms with Crippen molar-refractivity contribution in [1.29, 1.82) is 0 Å². The average molecular weight is 529 g/mol. The summed E-state index contributed by atoms with van der Waals surface area (Å²) in [6, 6.07) is 16.4. The van der Waals surface area contributed by atoms with Gasteiger partial charge in [-0.25, -0.2) is 0 Å². The maximum atomic E-state index is 11.7. The molecule has 37 heavy (non-hydrogen) atoms. The average Bonchev–Trinajstić information content (AvgIpc) is 2.83. The summed E-state index contributed by atoms with van der Waals surface area (Å²) in [7, 11) is -3.88. The highest BCUT2D eigenvalue weighted by molar-refractivity contribution is 6.65. The molecular weight excluding hydrogens is 488 g/mol. The Morgan fingerprint density at radius 2 is 1.30 bits per heavy atom. The Morgan fingerprint density at radius 1 is 0.703 bits per heavy atom. The number of ether oxygens (including phenoxy) is 1. The largest absolute Gasteiger partial charge is 0.705 e. The second-order valence-electron chi connectivity index (χ2n) is 9.09. The van der Waals surface area contributed by atoms with Crippen molar-refractivity contribution in [2.24, 2.45) is 0 Å². The van der Waals surface area contributed by atoms with E-state index in [9.17, 15) is 14.4 Å². The standard InChI is InChI=1S/C29H40O7Si/c1-5-6-7-8-9-11-18-27-19-14-20-28(26-16-12-10-13-17-26)29(27)33-21-15-22-37(34-23(2)30,35-24(3)31)36-25(4)32/h10,12-14,16-17,19-20H,5-9,11,15,18,21-22H2,1-4H3. The summed E-state index contributed by atoms with van der Waals surface area (Å²) in [4.78, 5) is 35.1. The molecule has 0 aliphatic heterocycles. The number of benzene rings is 2. The topological polar surface area (TPSA) is 88.1 Å². The van der Waals surface area contributed by atoms with E-state index in [1.165, 1.54) is 52.9 Å². The molecule has 0 atom stereocenters. The van der Waals surface area contributed by atoms with Crippen molar-refractivity contribution < 1.29 is 32.4 Å². The fourth-order valence-electron chi connectivity index (χ4n) is 4.23. The summed E-state index contributed by atoms with van der Waals surface area (Å²) in [6.45, 7) is 6.06. The van der Waals surface area contributed by atoms with Gasteiger partial charge >= 0.3 is 8.80 Å². The summed E-state index contributed by atoms with van der Waals surface area (Å²) in [5.41, 5.74) is 3.21. The lowest BCUT2D eigenvalue weighted by Gasteiger charge is -2.26. The lowest BCUT2D eigenvalue weighted by atomic mass is 9.98. The van der Waals surface area contributed by atoms with Gasteiger partial charge in [0.25, 0.3) is 17.9 Å². The lowest BCUT2D eigenvalue weighted by Crippen LogP contribution is -2.49. The normalized spacial score (nSPS) is 11.0. The predicted molar refractivity (Wildman–Crippen MR) is 145 cm³/mol. The molecule has 2 aromatic rings. The summed E-state index contributed by atoms with van der Waals surface area (Å²) in [5.74, 6) is -1.20. The van der Waals surface area contributed by atoms with E-state index in [0.717, 1.165) is 35.3 Å². The molecule has 0 bridgehead atoms. The number of rotatable bonds is 16.